The van der Waals surface area contributed by atoms with E-state index in [1.165, 1.54) is 33.4 Å². The topological polar surface area (TPSA) is 58.2 Å². The summed E-state index contributed by atoms with van der Waals surface area (Å²) in [4.78, 5) is 26.1. The second-order valence-electron chi connectivity index (χ2n) is 14.1. The maximum absolute atomic E-state index is 13.9. The molecule has 0 saturated carbocycles. The van der Waals surface area contributed by atoms with Gasteiger partial charge in [-0.2, -0.15) is 0 Å². The van der Waals surface area contributed by atoms with Crippen LogP contribution in [0.5, 0.6) is 0 Å². The number of amides is 2. The molecule has 2 aromatic rings. The lowest BCUT2D eigenvalue weighted by molar-refractivity contribution is 0.261. The summed E-state index contributed by atoms with van der Waals surface area (Å²) in [5.41, 5.74) is 8.91. The zero-order chi connectivity index (χ0) is 28.4. The van der Waals surface area contributed by atoms with Crippen molar-refractivity contribution in [2.24, 2.45) is 5.41 Å². The maximum Gasteiger partial charge on any atom is 0.254 e. The third kappa shape index (κ3) is 4.88. The van der Waals surface area contributed by atoms with Crippen molar-refractivity contribution in [2.75, 3.05) is 5.32 Å². The monoisotopic (exact) mass is 544 g/mol. The summed E-state index contributed by atoms with van der Waals surface area (Å²) >= 11 is 0. The molecular formula is C31H45BN2O2Si2. The standard InChI is InChI=1S/C31H45BN2O2Si2/c1-19(2)22-15-23(20(3)4)17-24(16-22)27-25(31(5,6)7)18-21-13-12-14-26(28(21)27)33-29(35)37(8,9)32-34-30(36)38(32,10)11/h12-20,27H,1-11H3,(H,33,35)(H,34,36). The lowest BCUT2D eigenvalue weighted by Gasteiger charge is -2.45. The number of fused-ring (bicyclic) bond motifs is 1. The number of anilines is 1. The number of carbonyl (C=O) groups excluding carboxylic acids is 2. The van der Waals surface area contributed by atoms with Gasteiger partial charge >= 0.3 is 0 Å². The van der Waals surface area contributed by atoms with E-state index in [-0.39, 0.29) is 28.4 Å². The number of carbonyl (C=O) groups is 2. The van der Waals surface area contributed by atoms with Crippen LogP contribution in [0, 0.1) is 5.41 Å². The third-order valence-electron chi connectivity index (χ3n) is 8.72. The first-order valence-electron chi connectivity index (χ1n) is 14.1. The van der Waals surface area contributed by atoms with Crippen molar-refractivity contribution in [1.29, 1.82) is 0 Å². The fourth-order valence-electron chi connectivity index (χ4n) is 6.13. The minimum absolute atomic E-state index is 0.0311. The Morgan fingerprint density at radius 3 is 2.08 bits per heavy atom. The van der Waals surface area contributed by atoms with Crippen LogP contribution in [0.25, 0.3) is 6.08 Å². The molecule has 38 heavy (non-hydrogen) atoms. The van der Waals surface area contributed by atoms with E-state index in [1.54, 1.807) is 0 Å². The van der Waals surface area contributed by atoms with Crippen LogP contribution >= 0.6 is 0 Å². The van der Waals surface area contributed by atoms with Crippen LogP contribution in [0.3, 0.4) is 0 Å². The van der Waals surface area contributed by atoms with E-state index in [2.05, 4.69) is 128 Å². The van der Waals surface area contributed by atoms with Gasteiger partial charge in [0.05, 0.1) is 0 Å². The highest BCUT2D eigenvalue weighted by atomic mass is 28.4. The predicted molar refractivity (Wildman–Crippen MR) is 169 cm³/mol. The SMILES string of the molecule is CC(C)c1cc(C(C)C)cc(C2C(C(C)(C)C)=Cc3cccc(NC(=O)[Si](C)(C)B4NC(=O)[Si]4(C)C)c32)c1. The molecule has 1 unspecified atom stereocenters. The molecule has 2 aliphatic rings. The van der Waals surface area contributed by atoms with Gasteiger partial charge in [0.2, 0.25) is 0 Å². The molecule has 2 aromatic carbocycles. The molecule has 0 radical (unpaired) electrons. The quantitative estimate of drug-likeness (QED) is 0.358. The number of allylic oxidation sites excluding steroid dienone is 1. The summed E-state index contributed by atoms with van der Waals surface area (Å²) in [7, 11) is -4.57. The molecule has 1 aliphatic carbocycles. The summed E-state index contributed by atoms with van der Waals surface area (Å²) in [5.74, 6) is 0.946. The molecular weight excluding hydrogens is 499 g/mol. The Kier molecular flexibility index (Phi) is 7.28. The minimum Gasteiger partial charge on any atom is -0.408 e. The Labute approximate surface area is 232 Å². The van der Waals surface area contributed by atoms with Gasteiger partial charge in [0.25, 0.3) is 6.03 Å². The minimum atomic E-state index is -2.46. The fraction of sp³-hybridized carbons (Fsp3) is 0.484. The Morgan fingerprint density at radius 2 is 1.61 bits per heavy atom. The van der Waals surface area contributed by atoms with Gasteiger partial charge in [-0.1, -0.05) is 117 Å². The highest BCUT2D eigenvalue weighted by molar-refractivity contribution is 7.75. The van der Waals surface area contributed by atoms with Gasteiger partial charge < -0.3 is 10.5 Å². The smallest absolute Gasteiger partial charge is 0.254 e. The van der Waals surface area contributed by atoms with Gasteiger partial charge in [-0.3, -0.25) is 9.59 Å². The van der Waals surface area contributed by atoms with E-state index in [1.807, 2.05) is 0 Å². The Hall–Kier alpha value is -2.38. The molecule has 7 heteroatoms. The first-order chi connectivity index (χ1) is 17.5. The molecule has 202 valence electrons. The average Bonchev–Trinajstić information content (AvgIpc) is 3.23. The molecule has 1 heterocycles. The molecule has 2 N–H and O–H groups in total. The van der Waals surface area contributed by atoms with Crippen molar-refractivity contribution in [3.05, 3.63) is 69.8 Å². The van der Waals surface area contributed by atoms with E-state index >= 15 is 0 Å². The predicted octanol–water partition coefficient (Wildman–Crippen LogP) is 8.49. The number of hydrogen-bond donors (Lipinski definition) is 2. The van der Waals surface area contributed by atoms with E-state index in [0.717, 1.165) is 5.69 Å². The van der Waals surface area contributed by atoms with Gasteiger partial charge in [-0.25, -0.2) is 0 Å². The highest BCUT2D eigenvalue weighted by Crippen LogP contribution is 2.51. The Balaban J connectivity index is 1.81. The molecule has 2 amide bonds. The lowest BCUT2D eigenvalue weighted by Crippen LogP contribution is -2.86. The summed E-state index contributed by atoms with van der Waals surface area (Å²) in [5, 5.41) is 6.49. The van der Waals surface area contributed by atoms with Crippen LogP contribution in [-0.4, -0.2) is 33.0 Å². The van der Waals surface area contributed by atoms with Gasteiger partial charge in [-0.15, -0.1) is 0 Å². The van der Waals surface area contributed by atoms with Crippen molar-refractivity contribution in [3.63, 3.8) is 0 Å². The van der Waals surface area contributed by atoms with Gasteiger partial charge in [0.1, 0.15) is 15.9 Å². The van der Waals surface area contributed by atoms with Crippen LogP contribution in [0.2, 0.25) is 26.2 Å². The Morgan fingerprint density at radius 1 is 1.03 bits per heavy atom. The average molecular weight is 545 g/mol. The van der Waals surface area contributed by atoms with E-state index in [4.69, 9.17) is 0 Å². The molecule has 4 nitrogen and oxygen atoms in total. The van der Waals surface area contributed by atoms with Crippen LogP contribution in [-0.2, 0) is 0 Å². The number of nitrogens with one attached hydrogen (secondary N) is 2. The molecule has 1 atom stereocenters. The van der Waals surface area contributed by atoms with E-state index < -0.39 is 15.9 Å². The molecule has 0 spiro atoms. The third-order valence-corrected chi connectivity index (χ3v) is 18.8. The van der Waals surface area contributed by atoms with Crippen LogP contribution < -0.4 is 10.5 Å². The van der Waals surface area contributed by atoms with Crippen molar-refractivity contribution >= 4 is 44.7 Å². The Bertz CT molecular complexity index is 1300. The van der Waals surface area contributed by atoms with Gasteiger partial charge in [0, 0.05) is 11.6 Å². The van der Waals surface area contributed by atoms with Crippen molar-refractivity contribution in [2.45, 2.75) is 92.4 Å². The van der Waals surface area contributed by atoms with Crippen LogP contribution in [0.1, 0.15) is 94.0 Å². The largest absolute Gasteiger partial charge is 0.408 e. The molecule has 0 aromatic heterocycles. The zero-order valence-electron chi connectivity index (χ0n) is 25.2. The fourth-order valence-corrected chi connectivity index (χ4v) is 16.5. The first-order valence-corrected chi connectivity index (χ1v) is 20.2. The van der Waals surface area contributed by atoms with Crippen LogP contribution in [0.4, 0.5) is 15.3 Å². The summed E-state index contributed by atoms with van der Waals surface area (Å²) < 4.78 is 0. The van der Waals surface area contributed by atoms with E-state index in [9.17, 15) is 9.59 Å². The van der Waals surface area contributed by atoms with Crippen molar-refractivity contribution in [1.82, 2.24) is 5.23 Å². The number of hydrogen-bond acceptors (Lipinski definition) is 2. The van der Waals surface area contributed by atoms with Gasteiger partial charge in [0.15, 0.2) is 11.1 Å². The molecule has 0 bridgehead atoms. The maximum atomic E-state index is 13.9. The molecule has 4 rings (SSSR count). The van der Waals surface area contributed by atoms with Crippen molar-refractivity contribution < 1.29 is 9.59 Å². The van der Waals surface area contributed by atoms with Gasteiger partial charge in [-0.05, 0) is 51.1 Å². The highest BCUT2D eigenvalue weighted by Gasteiger charge is 2.63. The first kappa shape index (κ1) is 28.6. The molecule has 1 aliphatic heterocycles. The zero-order valence-corrected chi connectivity index (χ0v) is 27.2. The van der Waals surface area contributed by atoms with Crippen molar-refractivity contribution in [3.8, 4) is 0 Å². The molecule has 1 fully saturated rings. The normalized spacial score (nSPS) is 18.8. The van der Waals surface area contributed by atoms with E-state index in [0.29, 0.717) is 11.8 Å². The second kappa shape index (κ2) is 9.67. The number of benzene rings is 2. The number of rotatable bonds is 6. The lowest BCUT2D eigenvalue weighted by atomic mass is 9.74. The summed E-state index contributed by atoms with van der Waals surface area (Å²) in [6.07, 6.45) is 2.34. The molecule has 1 saturated heterocycles. The summed E-state index contributed by atoms with van der Waals surface area (Å²) in [6.45, 7) is 24.3. The second-order valence-corrected chi connectivity index (χ2v) is 23.7. The van der Waals surface area contributed by atoms with Crippen LogP contribution in [0.15, 0.2) is 42.0 Å². The summed E-state index contributed by atoms with van der Waals surface area (Å²) in [6, 6.07) is 13.5.